The minimum atomic E-state index is -0.599. The van der Waals surface area contributed by atoms with Crippen molar-refractivity contribution in [2.24, 2.45) is 0 Å². The van der Waals surface area contributed by atoms with Crippen LogP contribution in [0.5, 0.6) is 0 Å². The van der Waals surface area contributed by atoms with Gasteiger partial charge in [0.15, 0.2) is 0 Å². The lowest BCUT2D eigenvalue weighted by Crippen LogP contribution is -2.28. The van der Waals surface area contributed by atoms with Gasteiger partial charge in [0.1, 0.15) is 0 Å². The summed E-state index contributed by atoms with van der Waals surface area (Å²) in [5.41, 5.74) is 3.86. The van der Waals surface area contributed by atoms with Crippen LogP contribution in [0.1, 0.15) is 26.7 Å². The molecule has 2 N–H and O–H groups in total. The smallest absolute Gasteiger partial charge is 0.253 e. The van der Waals surface area contributed by atoms with Crippen molar-refractivity contribution in [1.82, 2.24) is 5.32 Å². The van der Waals surface area contributed by atoms with Gasteiger partial charge in [-0.15, -0.1) is 0 Å². The highest BCUT2D eigenvalue weighted by Gasteiger charge is 2.30. The van der Waals surface area contributed by atoms with Gasteiger partial charge in [0, 0.05) is 71.2 Å². The highest BCUT2D eigenvalue weighted by Crippen LogP contribution is 2.52. The molecule has 3 rings (SSSR count). The van der Waals surface area contributed by atoms with E-state index in [1.165, 1.54) is 10.7 Å². The topological polar surface area (TPSA) is 72.9 Å². The summed E-state index contributed by atoms with van der Waals surface area (Å²) < 4.78 is 9.52. The van der Waals surface area contributed by atoms with Crippen molar-refractivity contribution in [2.45, 2.75) is 31.6 Å². The van der Waals surface area contributed by atoms with E-state index in [4.69, 9.17) is 0 Å². The molecule has 2 aromatic rings. The van der Waals surface area contributed by atoms with Crippen molar-refractivity contribution < 1.29 is 14.1 Å². The summed E-state index contributed by atoms with van der Waals surface area (Å²) in [6, 6.07) is 15.6. The lowest BCUT2D eigenvalue weighted by atomic mass is 10.2. The molecule has 0 saturated carbocycles. The number of para-hydroxylation sites is 1. The first-order valence-electron chi connectivity index (χ1n) is 12.0. The van der Waals surface area contributed by atoms with Gasteiger partial charge in [-0.25, -0.2) is 0 Å². The Morgan fingerprint density at radius 1 is 1.17 bits per heavy atom. The molecular formula is C28H34N3O3PS. The summed E-state index contributed by atoms with van der Waals surface area (Å²) in [6.07, 6.45) is 9.14. The third-order valence-corrected chi connectivity index (χ3v) is 8.64. The van der Waals surface area contributed by atoms with Crippen LogP contribution in [0.25, 0.3) is 0 Å². The second kappa shape index (κ2) is 13.4. The number of anilines is 2. The van der Waals surface area contributed by atoms with Crippen LogP contribution in [0.15, 0.2) is 88.7 Å². The number of nitrogens with zero attached hydrogens (tertiary/aromatic N) is 2. The van der Waals surface area contributed by atoms with Crippen LogP contribution in [0.2, 0.25) is 0 Å². The van der Waals surface area contributed by atoms with Gasteiger partial charge in [0.2, 0.25) is 5.91 Å². The van der Waals surface area contributed by atoms with E-state index >= 15 is 0 Å². The van der Waals surface area contributed by atoms with Gasteiger partial charge in [-0.2, -0.15) is 0 Å². The van der Waals surface area contributed by atoms with Gasteiger partial charge in [-0.05, 0) is 64.3 Å². The Bertz CT molecular complexity index is 1160. The predicted octanol–water partition coefficient (Wildman–Crippen LogP) is 5.73. The minimum Gasteiger partial charge on any atom is -0.356 e. The Labute approximate surface area is 219 Å². The molecule has 0 saturated heterocycles. The van der Waals surface area contributed by atoms with Crippen molar-refractivity contribution in [1.29, 1.82) is 0 Å². The lowest BCUT2D eigenvalue weighted by Gasteiger charge is -2.22. The number of fused-ring (bicyclic) bond motifs is 1. The molecule has 1 aliphatic rings. The second-order valence-electron chi connectivity index (χ2n) is 8.47. The summed E-state index contributed by atoms with van der Waals surface area (Å²) in [6.45, 7) is 7.31. The second-order valence-corrected chi connectivity index (χ2v) is 11.2. The molecule has 1 aliphatic heterocycles. The maximum atomic E-state index is 12.8. The average Bonchev–Trinajstić information content (AvgIpc) is 3.18. The molecule has 1 atom stereocenters. The van der Waals surface area contributed by atoms with Gasteiger partial charge < -0.3 is 19.7 Å². The van der Waals surface area contributed by atoms with Crippen LogP contribution < -0.4 is 20.4 Å². The molecule has 8 heteroatoms. The minimum absolute atomic E-state index is 0.0469. The number of hydrogen-bond donors (Lipinski definition) is 2. The first-order valence-corrected chi connectivity index (χ1v) is 14.5. The number of nitrogens with one attached hydrogen (secondary N) is 1. The van der Waals surface area contributed by atoms with Crippen molar-refractivity contribution in [3.63, 3.8) is 0 Å². The van der Waals surface area contributed by atoms with Crippen LogP contribution in [0, 0.1) is 0 Å². The monoisotopic (exact) mass is 523 g/mol. The Morgan fingerprint density at radius 2 is 1.92 bits per heavy atom. The number of rotatable bonds is 10. The molecule has 6 nitrogen and oxygen atoms in total. The summed E-state index contributed by atoms with van der Waals surface area (Å²) in [4.78, 5) is 29.1. The van der Waals surface area contributed by atoms with E-state index in [1.54, 1.807) is 11.9 Å². The maximum Gasteiger partial charge on any atom is 0.253 e. The van der Waals surface area contributed by atoms with Gasteiger partial charge in [0.05, 0.1) is 0 Å². The fourth-order valence-corrected chi connectivity index (χ4v) is 6.34. The Morgan fingerprint density at radius 3 is 2.61 bits per heavy atom. The predicted molar refractivity (Wildman–Crippen MR) is 154 cm³/mol. The Kier molecular flexibility index (Phi) is 10.4. The molecule has 0 aromatic heterocycles. The standard InChI is InChI=1S/C28H34N3O3PS/c1-5-26(32)29-18-11-19-31-24-17-16-23(36-34)20-25(24)35(4)27(31)15-10-9-12-21(2)28(33)30(3)22-13-7-6-8-14-22/h6-10,12-17,20,34H,5,11,18-19H2,1-4H3,(H,29,32)/b10-9+,21-12+,27-15-. The van der Waals surface area contributed by atoms with Gasteiger partial charge in [-0.1, -0.05) is 43.4 Å². The molecule has 0 bridgehead atoms. The van der Waals surface area contributed by atoms with E-state index in [2.05, 4.69) is 35.1 Å². The van der Waals surface area contributed by atoms with E-state index in [9.17, 15) is 14.1 Å². The number of carbonyl (C=O) groups is 2. The normalized spacial score (nSPS) is 16.5. The van der Waals surface area contributed by atoms with E-state index in [0.29, 0.717) is 18.5 Å². The number of allylic oxidation sites excluding steroid dienone is 4. The molecule has 1 heterocycles. The highest BCUT2D eigenvalue weighted by atomic mass is 32.2. The van der Waals surface area contributed by atoms with E-state index in [-0.39, 0.29) is 11.8 Å². The number of benzene rings is 2. The highest BCUT2D eigenvalue weighted by molar-refractivity contribution is 7.93. The summed E-state index contributed by atoms with van der Waals surface area (Å²) in [5, 5.41) is 4.18. The molecule has 0 fully saturated rings. The van der Waals surface area contributed by atoms with Crippen molar-refractivity contribution in [2.75, 3.05) is 36.6 Å². The lowest BCUT2D eigenvalue weighted by molar-refractivity contribution is -0.120. The molecular weight excluding hydrogens is 489 g/mol. The van der Waals surface area contributed by atoms with E-state index < -0.39 is 7.92 Å². The van der Waals surface area contributed by atoms with Crippen molar-refractivity contribution >= 4 is 48.5 Å². The molecule has 0 spiro atoms. The molecule has 0 aliphatic carbocycles. The Hall–Kier alpha value is -2.86. The zero-order valence-corrected chi connectivity index (χ0v) is 23.0. The van der Waals surface area contributed by atoms with Crippen molar-refractivity contribution in [3.8, 4) is 0 Å². The first kappa shape index (κ1) is 27.7. The van der Waals surface area contributed by atoms with Crippen LogP contribution >= 0.6 is 20.0 Å². The zero-order chi connectivity index (χ0) is 26.1. The SMILES string of the molecule is CCC(=O)NCCCN1/C(=C/C=C/C=C(\C)C(=O)N(C)c2ccccc2)P(C)c2cc(SO)ccc21. The van der Waals surface area contributed by atoms with E-state index in [1.807, 2.05) is 68.5 Å². The number of likely N-dealkylation sites (N-methyl/N-ethyl adjacent to an activating group) is 1. The van der Waals surface area contributed by atoms with Crippen LogP contribution in [-0.4, -0.2) is 43.2 Å². The molecule has 36 heavy (non-hydrogen) atoms. The maximum absolute atomic E-state index is 12.8. The summed E-state index contributed by atoms with van der Waals surface area (Å²) in [7, 11) is 1.18. The fraction of sp³-hybridized carbons (Fsp3) is 0.286. The van der Waals surface area contributed by atoms with Crippen LogP contribution in [0.4, 0.5) is 11.4 Å². The van der Waals surface area contributed by atoms with Gasteiger partial charge in [0.25, 0.3) is 5.91 Å². The fourth-order valence-electron chi connectivity index (χ4n) is 3.96. The number of hydrogen-bond acceptors (Lipinski definition) is 5. The summed E-state index contributed by atoms with van der Waals surface area (Å²) >= 11 is 0.762. The third-order valence-electron chi connectivity index (χ3n) is 6.01. The Balaban J connectivity index is 1.75. The molecule has 190 valence electrons. The van der Waals surface area contributed by atoms with E-state index in [0.717, 1.165) is 41.3 Å². The molecule has 2 aromatic carbocycles. The summed E-state index contributed by atoms with van der Waals surface area (Å²) in [5.74, 6) is 0.0155. The largest absolute Gasteiger partial charge is 0.356 e. The average molecular weight is 524 g/mol. The molecule has 2 amide bonds. The van der Waals surface area contributed by atoms with Gasteiger partial charge in [-0.3, -0.25) is 9.59 Å². The quantitative estimate of drug-likeness (QED) is 0.137. The first-order chi connectivity index (χ1) is 17.4. The van der Waals surface area contributed by atoms with Gasteiger partial charge >= 0.3 is 0 Å². The molecule has 0 radical (unpaired) electrons. The molecule has 1 unspecified atom stereocenters. The zero-order valence-electron chi connectivity index (χ0n) is 21.3. The number of amides is 2. The number of carbonyl (C=O) groups excluding carboxylic acids is 2. The third kappa shape index (κ3) is 6.88. The van der Waals surface area contributed by atoms with Crippen LogP contribution in [0.3, 0.4) is 0 Å². The van der Waals surface area contributed by atoms with Crippen LogP contribution in [-0.2, 0) is 9.59 Å². The van der Waals surface area contributed by atoms with Crippen molar-refractivity contribution in [3.05, 3.63) is 83.8 Å².